The molecule has 1 atom stereocenters. The summed E-state index contributed by atoms with van der Waals surface area (Å²) in [5.74, 6) is -2.83. The number of piperidine rings is 1. The lowest BCUT2D eigenvalue weighted by molar-refractivity contribution is -0.160. The predicted molar refractivity (Wildman–Crippen MR) is 61.5 cm³/mol. The van der Waals surface area contributed by atoms with Crippen molar-refractivity contribution in [3.63, 3.8) is 0 Å². The van der Waals surface area contributed by atoms with Gasteiger partial charge in [-0.2, -0.15) is 0 Å². The topological polar surface area (TPSA) is 109 Å². The summed E-state index contributed by atoms with van der Waals surface area (Å²) in [5, 5.41) is 9.02. The van der Waals surface area contributed by atoms with Gasteiger partial charge in [-0.3, -0.25) is 14.5 Å². The summed E-state index contributed by atoms with van der Waals surface area (Å²) >= 11 is 0. The zero-order chi connectivity index (χ0) is 13.9. The molecule has 7 nitrogen and oxygen atoms in total. The third-order valence-electron chi connectivity index (χ3n) is 2.68. The highest BCUT2D eigenvalue weighted by Gasteiger charge is 2.36. The second kappa shape index (κ2) is 5.47. The molecule has 1 aliphatic heterocycles. The molecule has 1 N–H and O–H groups in total. The molecule has 8 heteroatoms. The van der Waals surface area contributed by atoms with Gasteiger partial charge in [-0.15, -0.1) is 0 Å². The molecule has 0 aromatic carbocycles. The lowest BCUT2D eigenvalue weighted by Gasteiger charge is -2.30. The van der Waals surface area contributed by atoms with Gasteiger partial charge in [-0.1, -0.05) is 0 Å². The number of imide groups is 1. The summed E-state index contributed by atoms with van der Waals surface area (Å²) in [7, 11) is -3.34. The van der Waals surface area contributed by atoms with Crippen molar-refractivity contribution in [3.8, 4) is 0 Å². The van der Waals surface area contributed by atoms with Crippen LogP contribution in [0, 0.1) is 0 Å². The van der Waals surface area contributed by atoms with Gasteiger partial charge in [-0.25, -0.2) is 13.2 Å². The molecule has 1 fully saturated rings. The van der Waals surface area contributed by atoms with Gasteiger partial charge in [0.05, 0.1) is 5.75 Å². The van der Waals surface area contributed by atoms with Gasteiger partial charge in [-0.05, 0) is 12.8 Å². The molecule has 0 radical (unpaired) electrons. The number of amides is 2. The predicted octanol–water partition coefficient (Wildman–Crippen LogP) is -0.587. The van der Waals surface area contributed by atoms with Crippen molar-refractivity contribution < 1.29 is 27.9 Å². The number of carboxylic acid groups (broad SMARTS) is 1. The molecule has 1 saturated heterocycles. The fourth-order valence-corrected chi connectivity index (χ4v) is 2.46. The van der Waals surface area contributed by atoms with Gasteiger partial charge in [0, 0.05) is 19.1 Å². The van der Waals surface area contributed by atoms with Crippen LogP contribution in [0.1, 0.15) is 25.7 Å². The molecule has 0 aromatic heterocycles. The molecule has 2 amide bonds. The SMILES string of the molecule is CS(=O)(=O)CCC(C(=O)O)N1C(=O)CCCC1=O. The third-order valence-corrected chi connectivity index (χ3v) is 3.65. The Kier molecular flexibility index (Phi) is 4.44. The molecular formula is C10H15NO6S. The number of rotatable bonds is 5. The molecule has 18 heavy (non-hydrogen) atoms. The van der Waals surface area contributed by atoms with E-state index in [0.717, 1.165) is 6.26 Å². The van der Waals surface area contributed by atoms with Crippen molar-refractivity contribution in [1.29, 1.82) is 0 Å². The number of aliphatic carboxylic acids is 1. The van der Waals surface area contributed by atoms with Gasteiger partial charge in [0.2, 0.25) is 11.8 Å². The first kappa shape index (κ1) is 14.6. The van der Waals surface area contributed by atoms with Crippen LogP contribution in [-0.4, -0.2) is 54.3 Å². The minimum Gasteiger partial charge on any atom is -0.480 e. The number of hydrogen-bond donors (Lipinski definition) is 1. The molecule has 0 spiro atoms. The van der Waals surface area contributed by atoms with Gasteiger partial charge >= 0.3 is 5.97 Å². The van der Waals surface area contributed by atoms with Crippen LogP contribution in [-0.2, 0) is 24.2 Å². The van der Waals surface area contributed by atoms with E-state index in [0.29, 0.717) is 11.3 Å². The molecule has 1 unspecified atom stereocenters. The molecule has 1 aliphatic rings. The molecular weight excluding hydrogens is 262 g/mol. The maximum atomic E-state index is 11.6. The van der Waals surface area contributed by atoms with E-state index in [1.54, 1.807) is 0 Å². The Morgan fingerprint density at radius 3 is 2.22 bits per heavy atom. The highest BCUT2D eigenvalue weighted by atomic mass is 32.2. The number of hydrogen-bond acceptors (Lipinski definition) is 5. The Bertz CT molecular complexity index is 453. The fourth-order valence-electron chi connectivity index (χ4n) is 1.81. The highest BCUT2D eigenvalue weighted by molar-refractivity contribution is 7.90. The second-order valence-electron chi connectivity index (χ2n) is 4.28. The summed E-state index contributed by atoms with van der Waals surface area (Å²) in [5.41, 5.74) is 0. The first-order chi connectivity index (χ1) is 8.22. The van der Waals surface area contributed by atoms with Crippen LogP contribution in [0.3, 0.4) is 0 Å². The van der Waals surface area contributed by atoms with Crippen molar-refractivity contribution in [2.45, 2.75) is 31.7 Å². The maximum absolute atomic E-state index is 11.6. The third kappa shape index (κ3) is 3.80. The molecule has 0 aromatic rings. The van der Waals surface area contributed by atoms with E-state index in [9.17, 15) is 22.8 Å². The summed E-state index contributed by atoms with van der Waals surface area (Å²) < 4.78 is 22.0. The number of carbonyl (C=O) groups excluding carboxylic acids is 2. The Hall–Kier alpha value is -1.44. The van der Waals surface area contributed by atoms with E-state index >= 15 is 0 Å². The Morgan fingerprint density at radius 1 is 1.33 bits per heavy atom. The Labute approximate surface area is 105 Å². The zero-order valence-corrected chi connectivity index (χ0v) is 10.8. The number of carboxylic acids is 1. The Morgan fingerprint density at radius 2 is 1.83 bits per heavy atom. The van der Waals surface area contributed by atoms with E-state index < -0.39 is 33.7 Å². The number of likely N-dealkylation sites (tertiary alicyclic amines) is 1. The van der Waals surface area contributed by atoms with Gasteiger partial charge in [0.1, 0.15) is 15.9 Å². The largest absolute Gasteiger partial charge is 0.480 e. The molecule has 1 heterocycles. The minimum atomic E-state index is -3.34. The zero-order valence-electron chi connectivity index (χ0n) is 9.96. The molecule has 1 rings (SSSR count). The summed E-state index contributed by atoms with van der Waals surface area (Å²) in [6.45, 7) is 0. The van der Waals surface area contributed by atoms with Crippen molar-refractivity contribution >= 4 is 27.6 Å². The average Bonchev–Trinajstić information content (AvgIpc) is 2.20. The van der Waals surface area contributed by atoms with Crippen molar-refractivity contribution in [3.05, 3.63) is 0 Å². The van der Waals surface area contributed by atoms with E-state index in [1.807, 2.05) is 0 Å². The number of sulfone groups is 1. The van der Waals surface area contributed by atoms with E-state index in [4.69, 9.17) is 5.11 Å². The van der Waals surface area contributed by atoms with Crippen molar-refractivity contribution in [1.82, 2.24) is 4.90 Å². The van der Waals surface area contributed by atoms with Crippen molar-refractivity contribution in [2.24, 2.45) is 0 Å². The quantitative estimate of drug-likeness (QED) is 0.673. The van der Waals surface area contributed by atoms with Crippen LogP contribution in [0.25, 0.3) is 0 Å². The van der Waals surface area contributed by atoms with Gasteiger partial charge in [0.15, 0.2) is 0 Å². The summed E-state index contributed by atoms with van der Waals surface area (Å²) in [6, 6.07) is -1.39. The average molecular weight is 277 g/mol. The lowest BCUT2D eigenvalue weighted by Crippen LogP contribution is -2.51. The van der Waals surface area contributed by atoms with E-state index in [2.05, 4.69) is 0 Å². The molecule has 0 saturated carbocycles. The summed E-state index contributed by atoms with van der Waals surface area (Å²) in [6.07, 6.45) is 1.35. The monoisotopic (exact) mass is 277 g/mol. The van der Waals surface area contributed by atoms with Crippen LogP contribution < -0.4 is 0 Å². The van der Waals surface area contributed by atoms with Crippen LogP contribution in [0.5, 0.6) is 0 Å². The van der Waals surface area contributed by atoms with Gasteiger partial charge < -0.3 is 5.11 Å². The fraction of sp³-hybridized carbons (Fsp3) is 0.700. The van der Waals surface area contributed by atoms with Crippen LogP contribution in [0.2, 0.25) is 0 Å². The number of nitrogens with zero attached hydrogens (tertiary/aromatic N) is 1. The normalized spacial score (nSPS) is 18.8. The first-order valence-corrected chi connectivity index (χ1v) is 7.54. The van der Waals surface area contributed by atoms with Crippen LogP contribution in [0.4, 0.5) is 0 Å². The first-order valence-electron chi connectivity index (χ1n) is 5.48. The summed E-state index contributed by atoms with van der Waals surface area (Å²) in [4.78, 5) is 34.9. The smallest absolute Gasteiger partial charge is 0.326 e. The standard InChI is InChI=1S/C10H15NO6S/c1-18(16,17)6-5-7(10(14)15)11-8(12)3-2-4-9(11)13/h7H,2-6H2,1H3,(H,14,15). The maximum Gasteiger partial charge on any atom is 0.326 e. The lowest BCUT2D eigenvalue weighted by atomic mass is 10.1. The Balaban J connectivity index is 2.86. The van der Waals surface area contributed by atoms with E-state index in [-0.39, 0.29) is 25.0 Å². The molecule has 102 valence electrons. The van der Waals surface area contributed by atoms with Crippen molar-refractivity contribution in [2.75, 3.05) is 12.0 Å². The minimum absolute atomic E-state index is 0.119. The molecule has 0 bridgehead atoms. The van der Waals surface area contributed by atoms with Gasteiger partial charge in [0.25, 0.3) is 0 Å². The van der Waals surface area contributed by atoms with Crippen LogP contribution >= 0.6 is 0 Å². The number of carbonyl (C=O) groups is 3. The molecule has 0 aliphatic carbocycles. The van der Waals surface area contributed by atoms with Crippen LogP contribution in [0.15, 0.2) is 0 Å². The highest BCUT2D eigenvalue weighted by Crippen LogP contribution is 2.18. The second-order valence-corrected chi connectivity index (χ2v) is 6.54. The van der Waals surface area contributed by atoms with E-state index in [1.165, 1.54) is 0 Å².